The van der Waals surface area contributed by atoms with Gasteiger partial charge in [-0.25, -0.2) is 0 Å². The van der Waals surface area contributed by atoms with Crippen LogP contribution in [0.1, 0.15) is 48.0 Å². The van der Waals surface area contributed by atoms with E-state index in [9.17, 15) is 27.9 Å². The largest absolute Gasteiger partial charge is 0.549 e. The second-order valence-corrected chi connectivity index (χ2v) is 6.94. The molecule has 1 aromatic heterocycles. The molecule has 0 unspecified atom stereocenters. The van der Waals surface area contributed by atoms with Crippen molar-refractivity contribution >= 4 is 23.6 Å². The lowest BCUT2D eigenvalue weighted by molar-refractivity contribution is -0.304. The lowest BCUT2D eigenvalue weighted by atomic mass is 10.1. The molecule has 11 heteroatoms. The number of halogens is 3. The summed E-state index contributed by atoms with van der Waals surface area (Å²) in [6.45, 7) is 1.71. The average Bonchev–Trinajstić information content (AvgIpc) is 3.10. The summed E-state index contributed by atoms with van der Waals surface area (Å²) in [6.07, 6.45) is -2.66. The van der Waals surface area contributed by atoms with Crippen LogP contribution in [0.2, 0.25) is 0 Å². The van der Waals surface area contributed by atoms with Crippen LogP contribution < -0.4 is 10.4 Å². The molecule has 28 heavy (non-hydrogen) atoms. The molecule has 1 N–H and O–H groups in total. The first kappa shape index (κ1) is 21.7. The number of carboxylic acids is 1. The zero-order valence-electron chi connectivity index (χ0n) is 14.8. The summed E-state index contributed by atoms with van der Waals surface area (Å²) in [5.74, 6) is -1.99. The Kier molecular flexibility index (Phi) is 7.44. The fourth-order valence-electron chi connectivity index (χ4n) is 2.19. The van der Waals surface area contributed by atoms with Gasteiger partial charge in [0.15, 0.2) is 0 Å². The molecule has 2 aromatic rings. The van der Waals surface area contributed by atoms with Crippen LogP contribution in [0.25, 0.3) is 0 Å². The van der Waals surface area contributed by atoms with Crippen molar-refractivity contribution in [2.24, 2.45) is 0 Å². The summed E-state index contributed by atoms with van der Waals surface area (Å²) in [5.41, 5.74) is -1.10. The van der Waals surface area contributed by atoms with Crippen LogP contribution in [0.5, 0.6) is 0 Å². The number of carbonyl (C=O) groups excluding carboxylic acids is 2. The van der Waals surface area contributed by atoms with Gasteiger partial charge in [0.2, 0.25) is 5.89 Å². The monoisotopic (exact) mass is 416 g/mol. The lowest BCUT2D eigenvalue weighted by Crippen LogP contribution is -2.33. The third-order valence-corrected chi connectivity index (χ3v) is 4.71. The van der Waals surface area contributed by atoms with Crippen LogP contribution in [-0.2, 0) is 17.5 Å². The van der Waals surface area contributed by atoms with Gasteiger partial charge in [0.25, 0.3) is 11.1 Å². The summed E-state index contributed by atoms with van der Waals surface area (Å²) in [4.78, 5) is 23.2. The fraction of sp³-hybridized carbons (Fsp3) is 0.412. The molecule has 0 bridgehead atoms. The highest BCUT2D eigenvalue weighted by atomic mass is 32.2. The maximum absolute atomic E-state index is 12.7. The highest BCUT2D eigenvalue weighted by Crippen LogP contribution is 2.29. The molecule has 2 rings (SSSR count). The number of nitrogens with one attached hydrogen (secondary N) is 1. The van der Waals surface area contributed by atoms with Crippen LogP contribution >= 0.6 is 11.8 Å². The number of unbranched alkanes of at least 4 members (excludes halogenated alkanes) is 1. The number of amides is 1. The Balaban J connectivity index is 1.95. The fourth-order valence-corrected chi connectivity index (χ4v) is 3.04. The van der Waals surface area contributed by atoms with E-state index in [-0.39, 0.29) is 23.2 Å². The van der Waals surface area contributed by atoms with Crippen molar-refractivity contribution in [2.75, 3.05) is 0 Å². The van der Waals surface area contributed by atoms with E-state index in [0.717, 1.165) is 36.4 Å². The second-order valence-electron chi connectivity index (χ2n) is 5.79. The molecular formula is C17H17F3N3O4S-. The summed E-state index contributed by atoms with van der Waals surface area (Å²) in [6, 6.07) is 3.99. The first-order valence-electron chi connectivity index (χ1n) is 8.36. The third-order valence-electron chi connectivity index (χ3n) is 3.63. The Bertz CT molecular complexity index is 826. The second kappa shape index (κ2) is 9.58. The number of carboxylic acid groups (broad SMARTS) is 1. The number of rotatable bonds is 9. The number of hydrogen-bond donors (Lipinski definition) is 1. The van der Waals surface area contributed by atoms with Crippen molar-refractivity contribution in [2.45, 2.75) is 49.4 Å². The van der Waals surface area contributed by atoms with Crippen LogP contribution in [0.15, 0.2) is 33.9 Å². The molecule has 152 valence electrons. The molecule has 1 amide bonds. The number of aliphatic carboxylic acids is 1. The van der Waals surface area contributed by atoms with Crippen molar-refractivity contribution < 1.29 is 32.3 Å². The van der Waals surface area contributed by atoms with E-state index >= 15 is 0 Å². The van der Waals surface area contributed by atoms with Gasteiger partial charge in [-0.15, -0.1) is 10.2 Å². The molecule has 0 aliphatic rings. The summed E-state index contributed by atoms with van der Waals surface area (Å²) >= 11 is 0.853. The molecule has 1 heterocycles. The average molecular weight is 416 g/mol. The number of thioether (sulfide) groups is 1. The van der Waals surface area contributed by atoms with E-state index in [1.54, 1.807) is 0 Å². The smallest absolute Gasteiger partial charge is 0.416 e. The van der Waals surface area contributed by atoms with Gasteiger partial charge in [-0.1, -0.05) is 37.6 Å². The topological polar surface area (TPSA) is 108 Å². The van der Waals surface area contributed by atoms with Gasteiger partial charge >= 0.3 is 6.18 Å². The standard InChI is InChI=1S/C17H18F3N3O4S/c1-2-3-7-12(15(25)26)28-16-23-22-13(27-16)9-21-14(24)10-5-4-6-11(8-10)17(18,19)20/h4-6,8,12H,2-3,7,9H2,1H3,(H,21,24)(H,25,26)/p-1/t12-/m1/s1. The van der Waals surface area contributed by atoms with E-state index in [1.165, 1.54) is 6.07 Å². The first-order valence-corrected chi connectivity index (χ1v) is 9.24. The molecule has 0 fully saturated rings. The number of aromatic nitrogens is 2. The van der Waals surface area contributed by atoms with Crippen molar-refractivity contribution in [3.8, 4) is 0 Å². The van der Waals surface area contributed by atoms with Crippen molar-refractivity contribution in [1.82, 2.24) is 15.5 Å². The van der Waals surface area contributed by atoms with Gasteiger partial charge in [0.1, 0.15) is 0 Å². The minimum atomic E-state index is -4.55. The van der Waals surface area contributed by atoms with Gasteiger partial charge < -0.3 is 19.6 Å². The van der Waals surface area contributed by atoms with Crippen molar-refractivity contribution in [3.05, 3.63) is 41.3 Å². The van der Waals surface area contributed by atoms with Gasteiger partial charge in [-0.3, -0.25) is 4.79 Å². The first-order chi connectivity index (χ1) is 13.2. The molecule has 0 saturated heterocycles. The molecular weight excluding hydrogens is 399 g/mol. The predicted molar refractivity (Wildman–Crippen MR) is 91.1 cm³/mol. The predicted octanol–water partition coefficient (Wildman–Crippen LogP) is 2.42. The number of hydrogen-bond acceptors (Lipinski definition) is 7. The van der Waals surface area contributed by atoms with E-state index in [0.29, 0.717) is 12.8 Å². The van der Waals surface area contributed by atoms with Gasteiger partial charge in [-0.05, 0) is 24.6 Å². The van der Waals surface area contributed by atoms with Gasteiger partial charge in [0, 0.05) is 5.56 Å². The summed E-state index contributed by atoms with van der Waals surface area (Å²) < 4.78 is 43.4. The molecule has 0 aliphatic heterocycles. The Morgan fingerprint density at radius 2 is 2.07 bits per heavy atom. The molecule has 0 radical (unpaired) electrons. The zero-order valence-corrected chi connectivity index (χ0v) is 15.6. The van der Waals surface area contributed by atoms with Crippen molar-refractivity contribution in [1.29, 1.82) is 0 Å². The van der Waals surface area contributed by atoms with Crippen LogP contribution in [0.3, 0.4) is 0 Å². The number of benzene rings is 1. The maximum Gasteiger partial charge on any atom is 0.416 e. The van der Waals surface area contributed by atoms with E-state index in [1.807, 2.05) is 6.92 Å². The van der Waals surface area contributed by atoms with Crippen LogP contribution in [-0.4, -0.2) is 27.3 Å². The minimum absolute atomic E-state index is 0.00424. The highest BCUT2D eigenvalue weighted by molar-refractivity contribution is 8.00. The van der Waals surface area contributed by atoms with Crippen LogP contribution in [0, 0.1) is 0 Å². The maximum atomic E-state index is 12.7. The molecule has 0 aliphatic carbocycles. The molecule has 7 nitrogen and oxygen atoms in total. The minimum Gasteiger partial charge on any atom is -0.549 e. The summed E-state index contributed by atoms with van der Waals surface area (Å²) in [5, 5.41) is 20.1. The summed E-state index contributed by atoms with van der Waals surface area (Å²) in [7, 11) is 0. The van der Waals surface area contributed by atoms with E-state index in [4.69, 9.17) is 4.42 Å². The van der Waals surface area contributed by atoms with Gasteiger partial charge in [-0.2, -0.15) is 13.2 Å². The molecule has 1 atom stereocenters. The Morgan fingerprint density at radius 1 is 1.32 bits per heavy atom. The SMILES string of the molecule is CCCC[C@@H](Sc1nnc(CNC(=O)c2cccc(C(F)(F)F)c2)o1)C(=O)[O-]. The Hall–Kier alpha value is -2.56. The zero-order chi connectivity index (χ0) is 20.7. The number of alkyl halides is 3. The molecule has 0 spiro atoms. The van der Waals surface area contributed by atoms with E-state index in [2.05, 4.69) is 15.5 Å². The van der Waals surface area contributed by atoms with Crippen molar-refractivity contribution in [3.63, 3.8) is 0 Å². The van der Waals surface area contributed by atoms with Gasteiger partial charge in [0.05, 0.1) is 23.3 Å². The normalized spacial score (nSPS) is 12.6. The molecule has 0 saturated carbocycles. The quantitative estimate of drug-likeness (QED) is 0.626. The lowest BCUT2D eigenvalue weighted by Gasteiger charge is -2.14. The van der Waals surface area contributed by atoms with Crippen LogP contribution in [0.4, 0.5) is 13.2 Å². The number of nitrogens with zero attached hydrogens (tertiary/aromatic N) is 2. The number of carbonyl (C=O) groups is 2. The molecule has 1 aromatic carbocycles. The third kappa shape index (κ3) is 6.25. The van der Waals surface area contributed by atoms with E-state index < -0.39 is 28.9 Å². The Morgan fingerprint density at radius 3 is 2.71 bits per heavy atom. The Labute approximate surface area is 162 Å². The highest BCUT2D eigenvalue weighted by Gasteiger charge is 2.30.